The molecule has 0 aliphatic carbocycles. The lowest BCUT2D eigenvalue weighted by atomic mass is 10.0. The van der Waals surface area contributed by atoms with Gasteiger partial charge in [0.05, 0.1) is 7.05 Å². The fourth-order valence-electron chi connectivity index (χ4n) is 4.17. The Kier molecular flexibility index (Phi) is 23.3. The number of carbonyl (C=O) groups is 1. The van der Waals surface area contributed by atoms with Gasteiger partial charge < -0.3 is 28.7 Å². The van der Waals surface area contributed by atoms with Gasteiger partial charge in [0.15, 0.2) is 0 Å². The molecule has 0 radical (unpaired) electrons. The average molecular weight is 595 g/mol. The van der Waals surface area contributed by atoms with Crippen molar-refractivity contribution in [1.82, 2.24) is 4.57 Å². The Morgan fingerprint density at radius 2 is 1.36 bits per heavy atom. The highest BCUT2D eigenvalue weighted by Gasteiger charge is 2.16. The van der Waals surface area contributed by atoms with Crippen LogP contribution in [-0.2, 0) is 23.1 Å². The van der Waals surface area contributed by atoms with Crippen molar-refractivity contribution in [2.45, 2.75) is 129 Å². The molecular weight excluding hydrogens is 543 g/mol. The maximum absolute atomic E-state index is 11.4. The van der Waals surface area contributed by atoms with E-state index in [1.54, 1.807) is 0 Å². The van der Waals surface area contributed by atoms with Crippen molar-refractivity contribution in [2.75, 3.05) is 11.5 Å². The SMILES string of the molecule is CCCCCCCCCCCCCCCCCCSCC(Cn1cc[n+](C)c1)OC(C)=O.[I-]. The molecule has 33 heavy (non-hydrogen) atoms. The number of halogens is 1. The van der Waals surface area contributed by atoms with Gasteiger partial charge in [-0.1, -0.05) is 103 Å². The first-order valence-corrected chi connectivity index (χ1v) is 14.5. The van der Waals surface area contributed by atoms with Crippen molar-refractivity contribution < 1.29 is 38.1 Å². The van der Waals surface area contributed by atoms with Gasteiger partial charge in [-0.25, -0.2) is 9.13 Å². The third-order valence-corrected chi connectivity index (χ3v) is 7.20. The lowest BCUT2D eigenvalue weighted by Crippen LogP contribution is -3.00. The molecule has 0 spiro atoms. The smallest absolute Gasteiger partial charge is 0.303 e. The molecule has 0 amide bonds. The van der Waals surface area contributed by atoms with Crippen molar-refractivity contribution >= 4 is 17.7 Å². The summed E-state index contributed by atoms with van der Waals surface area (Å²) in [6, 6.07) is 0. The van der Waals surface area contributed by atoms with Crippen molar-refractivity contribution in [3.05, 3.63) is 18.7 Å². The summed E-state index contributed by atoms with van der Waals surface area (Å²) in [5.41, 5.74) is 0. The molecule has 194 valence electrons. The van der Waals surface area contributed by atoms with Gasteiger partial charge in [-0.05, 0) is 12.2 Å². The molecule has 0 saturated heterocycles. The lowest BCUT2D eigenvalue weighted by molar-refractivity contribution is -0.671. The van der Waals surface area contributed by atoms with E-state index in [9.17, 15) is 4.79 Å². The van der Waals surface area contributed by atoms with Crippen LogP contribution in [0.4, 0.5) is 0 Å². The predicted octanol–water partition coefficient (Wildman–Crippen LogP) is 4.24. The van der Waals surface area contributed by atoms with Gasteiger partial charge in [0.1, 0.15) is 25.0 Å². The number of nitrogens with zero attached hydrogens (tertiary/aromatic N) is 2. The van der Waals surface area contributed by atoms with E-state index in [0.717, 1.165) is 18.1 Å². The summed E-state index contributed by atoms with van der Waals surface area (Å²) in [5.74, 6) is 1.85. The summed E-state index contributed by atoms with van der Waals surface area (Å²) < 4.78 is 9.60. The average Bonchev–Trinajstić information content (AvgIpc) is 3.16. The van der Waals surface area contributed by atoms with Crippen LogP contribution in [0.2, 0.25) is 0 Å². The zero-order valence-corrected chi connectivity index (χ0v) is 24.7. The maximum atomic E-state index is 11.4. The minimum Gasteiger partial charge on any atom is -1.00 e. The van der Waals surface area contributed by atoms with Crippen LogP contribution in [0.3, 0.4) is 0 Å². The summed E-state index contributed by atoms with van der Waals surface area (Å²) in [7, 11) is 2.00. The van der Waals surface area contributed by atoms with Gasteiger partial charge >= 0.3 is 5.97 Å². The number of hydrogen-bond acceptors (Lipinski definition) is 3. The first kappa shape index (κ1) is 32.8. The highest BCUT2D eigenvalue weighted by atomic mass is 127. The van der Waals surface area contributed by atoms with Gasteiger partial charge in [0, 0.05) is 12.7 Å². The highest BCUT2D eigenvalue weighted by molar-refractivity contribution is 7.99. The van der Waals surface area contributed by atoms with Gasteiger partial charge in [0.25, 0.3) is 0 Å². The Morgan fingerprint density at radius 3 is 1.79 bits per heavy atom. The molecule has 0 aliphatic rings. The molecule has 6 heteroatoms. The number of aromatic nitrogens is 2. The summed E-state index contributed by atoms with van der Waals surface area (Å²) in [5, 5.41) is 0. The number of carbonyl (C=O) groups excluding carboxylic acids is 1. The third-order valence-electron chi connectivity index (χ3n) is 6.02. The summed E-state index contributed by atoms with van der Waals surface area (Å²) >= 11 is 1.92. The number of unbranched alkanes of at least 4 members (excludes halogenated alkanes) is 15. The lowest BCUT2D eigenvalue weighted by Gasteiger charge is -2.14. The summed E-state index contributed by atoms with van der Waals surface area (Å²) in [4.78, 5) is 11.4. The van der Waals surface area contributed by atoms with Crippen molar-refractivity contribution in [1.29, 1.82) is 0 Å². The third kappa shape index (κ3) is 20.8. The largest absolute Gasteiger partial charge is 1.00 e. The molecule has 0 N–H and O–H groups in total. The van der Waals surface area contributed by atoms with E-state index >= 15 is 0 Å². The molecule has 1 unspecified atom stereocenters. The van der Waals surface area contributed by atoms with E-state index in [1.165, 1.54) is 110 Å². The van der Waals surface area contributed by atoms with Crippen LogP contribution in [0.25, 0.3) is 0 Å². The quantitative estimate of drug-likeness (QED) is 0.0873. The monoisotopic (exact) mass is 594 g/mol. The van der Waals surface area contributed by atoms with Crippen LogP contribution >= 0.6 is 11.8 Å². The van der Waals surface area contributed by atoms with Crippen LogP contribution in [-0.4, -0.2) is 28.1 Å². The summed E-state index contributed by atoms with van der Waals surface area (Å²) in [6.45, 7) is 4.52. The van der Waals surface area contributed by atoms with E-state index in [4.69, 9.17) is 4.74 Å². The molecule has 0 saturated carbocycles. The minimum atomic E-state index is -0.186. The molecule has 0 aromatic carbocycles. The van der Waals surface area contributed by atoms with E-state index in [0.29, 0.717) is 0 Å². The number of thioether (sulfide) groups is 1. The van der Waals surface area contributed by atoms with Crippen LogP contribution in [0.15, 0.2) is 18.7 Å². The van der Waals surface area contributed by atoms with Crippen molar-refractivity contribution in [3.8, 4) is 0 Å². The molecule has 1 aromatic heterocycles. The fourth-order valence-corrected chi connectivity index (χ4v) is 5.18. The molecule has 1 atom stereocenters. The molecule has 4 nitrogen and oxygen atoms in total. The van der Waals surface area contributed by atoms with Gasteiger partial charge in [-0.15, -0.1) is 0 Å². The molecule has 0 aliphatic heterocycles. The number of ether oxygens (including phenoxy) is 1. The van der Waals surface area contributed by atoms with Crippen LogP contribution in [0.1, 0.15) is 117 Å². The molecule has 0 bridgehead atoms. The Bertz CT molecular complexity index is 568. The van der Waals surface area contributed by atoms with Crippen molar-refractivity contribution in [2.24, 2.45) is 7.05 Å². The second kappa shape index (κ2) is 23.5. The molecular formula is C27H51IN2O2S. The Morgan fingerprint density at radius 1 is 0.879 bits per heavy atom. The first-order chi connectivity index (χ1) is 15.6. The Balaban J connectivity index is 0.0000102. The van der Waals surface area contributed by atoms with E-state index < -0.39 is 0 Å². The van der Waals surface area contributed by atoms with Crippen LogP contribution < -0.4 is 28.5 Å². The second-order valence-corrected chi connectivity index (χ2v) is 10.5. The number of imidazole rings is 1. The van der Waals surface area contributed by atoms with E-state index in [1.807, 2.05) is 42.1 Å². The zero-order valence-electron chi connectivity index (χ0n) is 21.7. The topological polar surface area (TPSA) is 35.1 Å². The minimum absolute atomic E-state index is 0. The normalized spacial score (nSPS) is 11.8. The predicted molar refractivity (Wildman–Crippen MR) is 138 cm³/mol. The number of rotatable bonds is 22. The molecule has 1 rings (SSSR count). The number of esters is 1. The van der Waals surface area contributed by atoms with E-state index in [2.05, 4.69) is 11.5 Å². The fraction of sp³-hybridized carbons (Fsp3) is 0.852. The Labute approximate surface area is 226 Å². The van der Waals surface area contributed by atoms with Crippen LogP contribution in [0.5, 0.6) is 0 Å². The second-order valence-electron chi connectivity index (χ2n) is 9.39. The zero-order chi connectivity index (χ0) is 23.3. The van der Waals surface area contributed by atoms with Gasteiger partial charge in [-0.3, -0.25) is 4.79 Å². The Hall–Kier alpha value is -0.240. The highest BCUT2D eigenvalue weighted by Crippen LogP contribution is 2.15. The maximum Gasteiger partial charge on any atom is 0.303 e. The number of aryl methyl sites for hydroxylation is 1. The summed E-state index contributed by atoms with van der Waals surface area (Å²) in [6.07, 6.45) is 28.5. The number of hydrogen-bond donors (Lipinski definition) is 0. The van der Waals surface area contributed by atoms with Crippen LogP contribution in [0, 0.1) is 0 Å². The molecule has 1 aromatic rings. The van der Waals surface area contributed by atoms with Gasteiger partial charge in [0.2, 0.25) is 6.33 Å². The van der Waals surface area contributed by atoms with Gasteiger partial charge in [-0.2, -0.15) is 11.8 Å². The molecule has 1 heterocycles. The van der Waals surface area contributed by atoms with Crippen molar-refractivity contribution in [3.63, 3.8) is 0 Å². The molecule has 0 fully saturated rings. The van der Waals surface area contributed by atoms with E-state index in [-0.39, 0.29) is 36.0 Å². The first-order valence-electron chi connectivity index (χ1n) is 13.4. The standard InChI is InChI=1S/C27H51N2O2S.HI/c1-4-5-6-7-8-9-10-11-12-13-14-15-16-17-18-19-22-32-24-27(31-26(2)30)23-29-21-20-28(3)25-29;/h20-21,25,27H,4-19,22-24H2,1-3H3;1H/q+1;/p-1.